The van der Waals surface area contributed by atoms with Gasteiger partial charge in [0.2, 0.25) is 0 Å². The Hall–Kier alpha value is -1.85. The molecular weight excluding hydrogens is 318 g/mol. The highest BCUT2D eigenvalue weighted by atomic mass is 32.1. The van der Waals surface area contributed by atoms with Crippen molar-refractivity contribution < 1.29 is 4.42 Å². The maximum atomic E-state index is 5.64. The van der Waals surface area contributed by atoms with Crippen LogP contribution in [0.3, 0.4) is 0 Å². The Balaban J connectivity index is 1.60. The standard InChI is InChI=1S/C19H25N3OS/c1-14-10-15(2)12-16(11-14)21-19(24)20-13-17(18-6-5-9-23-18)22-7-3-4-8-22/h5-6,9-12,17H,3-4,7-8,13H2,1-2H3,(H2,20,21,24)/t17-/m0/s1. The zero-order valence-electron chi connectivity index (χ0n) is 14.3. The van der Waals surface area contributed by atoms with E-state index in [-0.39, 0.29) is 6.04 Å². The minimum absolute atomic E-state index is 0.224. The van der Waals surface area contributed by atoms with E-state index in [0.29, 0.717) is 5.11 Å². The molecule has 1 aliphatic rings. The first-order chi connectivity index (χ1) is 11.6. The van der Waals surface area contributed by atoms with Gasteiger partial charge in [-0.1, -0.05) is 6.07 Å². The summed E-state index contributed by atoms with van der Waals surface area (Å²) in [5.74, 6) is 0.999. The van der Waals surface area contributed by atoms with E-state index in [4.69, 9.17) is 16.6 Å². The summed E-state index contributed by atoms with van der Waals surface area (Å²) in [6, 6.07) is 10.6. The average Bonchev–Trinajstić information content (AvgIpc) is 3.19. The lowest BCUT2D eigenvalue weighted by atomic mass is 10.1. The van der Waals surface area contributed by atoms with Crippen LogP contribution in [0.1, 0.15) is 35.8 Å². The molecule has 1 atom stereocenters. The van der Waals surface area contributed by atoms with Crippen LogP contribution in [0.25, 0.3) is 0 Å². The van der Waals surface area contributed by atoms with Crippen LogP contribution in [-0.2, 0) is 0 Å². The molecule has 2 aromatic rings. The molecule has 0 amide bonds. The number of rotatable bonds is 5. The second-order valence-electron chi connectivity index (χ2n) is 6.49. The molecule has 1 saturated heterocycles. The SMILES string of the molecule is Cc1cc(C)cc(NC(=S)NC[C@@H](c2ccco2)N2CCCC2)c1. The van der Waals surface area contributed by atoms with Gasteiger partial charge in [-0.3, -0.25) is 4.90 Å². The third-order valence-corrected chi connectivity index (χ3v) is 4.63. The lowest BCUT2D eigenvalue weighted by molar-refractivity contribution is 0.216. The average molecular weight is 343 g/mol. The highest BCUT2D eigenvalue weighted by molar-refractivity contribution is 7.80. The van der Waals surface area contributed by atoms with Crippen LogP contribution in [0.4, 0.5) is 5.69 Å². The van der Waals surface area contributed by atoms with Crippen molar-refractivity contribution in [3.05, 3.63) is 53.5 Å². The Bertz CT molecular complexity index is 658. The van der Waals surface area contributed by atoms with Crippen LogP contribution >= 0.6 is 12.2 Å². The molecule has 0 radical (unpaired) electrons. The van der Waals surface area contributed by atoms with Crippen molar-refractivity contribution >= 4 is 23.0 Å². The lowest BCUT2D eigenvalue weighted by Gasteiger charge is -2.26. The highest BCUT2D eigenvalue weighted by Crippen LogP contribution is 2.25. The lowest BCUT2D eigenvalue weighted by Crippen LogP contribution is -2.38. The maximum Gasteiger partial charge on any atom is 0.170 e. The Labute approximate surface area is 149 Å². The third-order valence-electron chi connectivity index (χ3n) is 4.39. The van der Waals surface area contributed by atoms with E-state index in [0.717, 1.165) is 31.1 Å². The molecule has 3 rings (SSSR count). The number of benzene rings is 1. The summed E-state index contributed by atoms with van der Waals surface area (Å²) in [7, 11) is 0. The number of anilines is 1. The summed E-state index contributed by atoms with van der Waals surface area (Å²) in [4.78, 5) is 2.46. The number of likely N-dealkylation sites (tertiary alicyclic amines) is 1. The first-order valence-electron chi connectivity index (χ1n) is 8.52. The number of hydrogen-bond acceptors (Lipinski definition) is 3. The van der Waals surface area contributed by atoms with E-state index in [2.05, 4.69) is 47.6 Å². The van der Waals surface area contributed by atoms with E-state index in [9.17, 15) is 0 Å². The molecule has 0 bridgehead atoms. The van der Waals surface area contributed by atoms with Gasteiger partial charge in [0.1, 0.15) is 5.76 Å². The topological polar surface area (TPSA) is 40.4 Å². The molecule has 128 valence electrons. The van der Waals surface area contributed by atoms with Crippen molar-refractivity contribution in [2.75, 3.05) is 25.0 Å². The quantitative estimate of drug-likeness (QED) is 0.803. The summed E-state index contributed by atoms with van der Waals surface area (Å²) in [5, 5.41) is 7.29. The summed E-state index contributed by atoms with van der Waals surface area (Å²) in [5.41, 5.74) is 3.48. The largest absolute Gasteiger partial charge is 0.468 e. The smallest absolute Gasteiger partial charge is 0.170 e. The maximum absolute atomic E-state index is 5.64. The van der Waals surface area contributed by atoms with Crippen LogP contribution < -0.4 is 10.6 Å². The molecule has 2 N–H and O–H groups in total. The predicted molar refractivity (Wildman–Crippen MR) is 102 cm³/mol. The Morgan fingerprint density at radius 2 is 1.92 bits per heavy atom. The van der Waals surface area contributed by atoms with E-state index in [1.165, 1.54) is 24.0 Å². The molecule has 1 aromatic carbocycles. The summed E-state index contributed by atoms with van der Waals surface area (Å²) in [6.07, 6.45) is 4.25. The number of hydrogen-bond donors (Lipinski definition) is 2. The Kier molecular flexibility index (Phi) is 5.53. The van der Waals surface area contributed by atoms with Crippen LogP contribution in [0.5, 0.6) is 0 Å². The van der Waals surface area contributed by atoms with E-state index < -0.39 is 0 Å². The van der Waals surface area contributed by atoms with Gasteiger partial charge in [-0.2, -0.15) is 0 Å². The second-order valence-corrected chi connectivity index (χ2v) is 6.89. The molecule has 4 nitrogen and oxygen atoms in total. The zero-order chi connectivity index (χ0) is 16.9. The number of nitrogens with zero attached hydrogens (tertiary/aromatic N) is 1. The molecule has 2 heterocycles. The molecule has 1 aliphatic heterocycles. The molecule has 0 aliphatic carbocycles. The van der Waals surface area contributed by atoms with Crippen molar-refractivity contribution in [3.63, 3.8) is 0 Å². The predicted octanol–water partition coefficient (Wildman–Crippen LogP) is 4.02. The van der Waals surface area contributed by atoms with Gasteiger partial charge in [0.15, 0.2) is 5.11 Å². The van der Waals surface area contributed by atoms with Crippen LogP contribution in [0.15, 0.2) is 41.0 Å². The van der Waals surface area contributed by atoms with Gasteiger partial charge in [0.25, 0.3) is 0 Å². The number of aryl methyl sites for hydroxylation is 2. The Morgan fingerprint density at radius 1 is 1.21 bits per heavy atom. The zero-order valence-corrected chi connectivity index (χ0v) is 15.2. The molecule has 0 unspecified atom stereocenters. The molecule has 1 aromatic heterocycles. The first kappa shape index (κ1) is 17.0. The summed E-state index contributed by atoms with van der Waals surface area (Å²) in [6.45, 7) is 7.16. The van der Waals surface area contributed by atoms with Gasteiger partial charge < -0.3 is 15.1 Å². The fourth-order valence-corrected chi connectivity index (χ4v) is 3.56. The van der Waals surface area contributed by atoms with E-state index in [1.807, 2.05) is 12.1 Å². The molecule has 24 heavy (non-hydrogen) atoms. The molecule has 5 heteroatoms. The number of nitrogens with one attached hydrogen (secondary N) is 2. The first-order valence-corrected chi connectivity index (χ1v) is 8.93. The van der Waals surface area contributed by atoms with E-state index >= 15 is 0 Å². The van der Waals surface area contributed by atoms with E-state index in [1.54, 1.807) is 6.26 Å². The summed E-state index contributed by atoms with van der Waals surface area (Å²) < 4.78 is 5.64. The molecular formula is C19H25N3OS. The number of thiocarbonyl (C=S) groups is 1. The van der Waals surface area contributed by atoms with Crippen molar-refractivity contribution in [2.24, 2.45) is 0 Å². The van der Waals surface area contributed by atoms with Crippen molar-refractivity contribution in [2.45, 2.75) is 32.7 Å². The normalized spacial score (nSPS) is 16.1. The molecule has 0 saturated carbocycles. The van der Waals surface area contributed by atoms with Crippen LogP contribution in [0, 0.1) is 13.8 Å². The molecule has 0 spiro atoms. The number of furan rings is 1. The highest BCUT2D eigenvalue weighted by Gasteiger charge is 2.25. The fraction of sp³-hybridized carbons (Fsp3) is 0.421. The van der Waals surface area contributed by atoms with Gasteiger partial charge in [0.05, 0.1) is 12.3 Å². The monoisotopic (exact) mass is 343 g/mol. The third kappa shape index (κ3) is 4.36. The van der Waals surface area contributed by atoms with Gasteiger partial charge >= 0.3 is 0 Å². The van der Waals surface area contributed by atoms with Gasteiger partial charge in [-0.15, -0.1) is 0 Å². The molecule has 1 fully saturated rings. The Morgan fingerprint density at radius 3 is 2.54 bits per heavy atom. The minimum Gasteiger partial charge on any atom is -0.468 e. The van der Waals surface area contributed by atoms with Crippen molar-refractivity contribution in [1.82, 2.24) is 10.2 Å². The fourth-order valence-electron chi connectivity index (χ4n) is 3.36. The van der Waals surface area contributed by atoms with Crippen molar-refractivity contribution in [3.8, 4) is 0 Å². The van der Waals surface area contributed by atoms with Crippen LogP contribution in [0.2, 0.25) is 0 Å². The van der Waals surface area contributed by atoms with Crippen molar-refractivity contribution in [1.29, 1.82) is 0 Å². The summed E-state index contributed by atoms with van der Waals surface area (Å²) >= 11 is 5.47. The van der Waals surface area contributed by atoms with Gasteiger partial charge in [0, 0.05) is 12.2 Å². The second kappa shape index (κ2) is 7.81. The van der Waals surface area contributed by atoms with Gasteiger partial charge in [-0.25, -0.2) is 0 Å². The van der Waals surface area contributed by atoms with Crippen LogP contribution in [-0.4, -0.2) is 29.6 Å². The minimum atomic E-state index is 0.224. The van der Waals surface area contributed by atoms with Gasteiger partial charge in [-0.05, 0) is 87.4 Å².